The molecule has 122 valence electrons. The van der Waals surface area contributed by atoms with Crippen LogP contribution in [-0.2, 0) is 20.9 Å². The molecule has 0 aromatic heterocycles. The van der Waals surface area contributed by atoms with Crippen LogP contribution in [0.5, 0.6) is 0 Å². The van der Waals surface area contributed by atoms with E-state index in [-0.39, 0.29) is 18.4 Å². The van der Waals surface area contributed by atoms with Crippen molar-refractivity contribution in [3.8, 4) is 0 Å². The maximum atomic E-state index is 12.3. The highest BCUT2D eigenvalue weighted by molar-refractivity contribution is 5.87. The topological polar surface area (TPSA) is 58.6 Å². The predicted molar refractivity (Wildman–Crippen MR) is 86.2 cm³/mol. The van der Waals surface area contributed by atoms with Gasteiger partial charge in [-0.3, -0.25) is 9.59 Å². The highest BCUT2D eigenvalue weighted by atomic mass is 16.5. The van der Waals surface area contributed by atoms with E-state index in [4.69, 9.17) is 4.74 Å². The Balaban J connectivity index is 2.62. The van der Waals surface area contributed by atoms with E-state index in [0.717, 1.165) is 5.56 Å². The van der Waals surface area contributed by atoms with Crippen LogP contribution in [0.1, 0.15) is 26.3 Å². The fourth-order valence-corrected chi connectivity index (χ4v) is 1.83. The van der Waals surface area contributed by atoms with Crippen LogP contribution in [0.15, 0.2) is 30.3 Å². The molecule has 0 unspecified atom stereocenters. The van der Waals surface area contributed by atoms with Crippen LogP contribution >= 0.6 is 0 Å². The monoisotopic (exact) mass is 306 g/mol. The summed E-state index contributed by atoms with van der Waals surface area (Å²) in [5, 5.41) is 2.69. The number of benzene rings is 1. The van der Waals surface area contributed by atoms with Crippen molar-refractivity contribution in [3.05, 3.63) is 35.9 Å². The van der Waals surface area contributed by atoms with Crippen molar-refractivity contribution in [2.45, 2.75) is 27.3 Å². The number of carbonyl (C=O) groups excluding carboxylic acids is 2. The Kier molecular flexibility index (Phi) is 7.05. The second kappa shape index (κ2) is 8.54. The molecule has 0 aliphatic heterocycles. The van der Waals surface area contributed by atoms with Gasteiger partial charge >= 0.3 is 0 Å². The minimum absolute atomic E-state index is 0.00660. The number of hydrogen-bond acceptors (Lipinski definition) is 3. The van der Waals surface area contributed by atoms with E-state index in [9.17, 15) is 9.59 Å². The van der Waals surface area contributed by atoms with Crippen molar-refractivity contribution < 1.29 is 14.3 Å². The lowest BCUT2D eigenvalue weighted by Gasteiger charge is -2.24. The van der Waals surface area contributed by atoms with Crippen molar-refractivity contribution in [1.82, 2.24) is 10.2 Å². The third kappa shape index (κ3) is 6.26. The Labute approximate surface area is 132 Å². The molecule has 0 fully saturated rings. The summed E-state index contributed by atoms with van der Waals surface area (Å²) < 4.78 is 5.06. The number of nitrogens with one attached hydrogen (secondary N) is 1. The van der Waals surface area contributed by atoms with Gasteiger partial charge in [-0.15, -0.1) is 0 Å². The Morgan fingerprint density at radius 1 is 1.18 bits per heavy atom. The molecule has 0 spiro atoms. The normalized spacial score (nSPS) is 11.1. The highest BCUT2D eigenvalue weighted by Gasteiger charge is 2.22. The molecule has 5 heteroatoms. The van der Waals surface area contributed by atoms with Crippen LogP contribution in [0, 0.1) is 5.41 Å². The molecule has 1 aromatic carbocycles. The fraction of sp³-hybridized carbons (Fsp3) is 0.529. The van der Waals surface area contributed by atoms with Gasteiger partial charge in [0.25, 0.3) is 0 Å². The van der Waals surface area contributed by atoms with Gasteiger partial charge in [-0.25, -0.2) is 0 Å². The van der Waals surface area contributed by atoms with Crippen molar-refractivity contribution in [3.63, 3.8) is 0 Å². The molecule has 0 heterocycles. The van der Waals surface area contributed by atoms with Crippen molar-refractivity contribution >= 4 is 11.8 Å². The van der Waals surface area contributed by atoms with Gasteiger partial charge in [-0.1, -0.05) is 51.1 Å². The number of methoxy groups -OCH3 is 1. The average Bonchev–Trinajstić information content (AvgIpc) is 2.48. The van der Waals surface area contributed by atoms with E-state index in [1.807, 2.05) is 51.1 Å². The Hall–Kier alpha value is -1.88. The van der Waals surface area contributed by atoms with E-state index in [2.05, 4.69) is 5.32 Å². The second-order valence-corrected chi connectivity index (χ2v) is 6.23. The highest BCUT2D eigenvalue weighted by Crippen LogP contribution is 2.12. The Bertz CT molecular complexity index is 480. The molecule has 0 aliphatic carbocycles. The molecular formula is C17H26N2O3. The molecule has 5 nitrogen and oxygen atoms in total. The SMILES string of the molecule is COCCN(Cc1ccccc1)C(=O)CNC(=O)C(C)(C)C. The molecule has 0 bridgehead atoms. The zero-order valence-electron chi connectivity index (χ0n) is 13.9. The van der Waals surface area contributed by atoms with Gasteiger partial charge in [-0.05, 0) is 5.56 Å². The first-order valence-corrected chi connectivity index (χ1v) is 7.43. The van der Waals surface area contributed by atoms with Gasteiger partial charge in [0.2, 0.25) is 11.8 Å². The van der Waals surface area contributed by atoms with Crippen LogP contribution in [0.2, 0.25) is 0 Å². The van der Waals surface area contributed by atoms with Crippen LogP contribution in [-0.4, -0.2) is 43.5 Å². The van der Waals surface area contributed by atoms with Gasteiger partial charge < -0.3 is 15.0 Å². The number of rotatable bonds is 7. The fourth-order valence-electron chi connectivity index (χ4n) is 1.83. The lowest BCUT2D eigenvalue weighted by Crippen LogP contribution is -2.44. The molecule has 0 saturated heterocycles. The number of carbonyl (C=O) groups is 2. The molecule has 1 aromatic rings. The first kappa shape index (κ1) is 18.2. The lowest BCUT2D eigenvalue weighted by molar-refractivity contribution is -0.136. The summed E-state index contributed by atoms with van der Waals surface area (Å²) in [7, 11) is 1.60. The van der Waals surface area contributed by atoms with Crippen molar-refractivity contribution in [2.24, 2.45) is 5.41 Å². The van der Waals surface area contributed by atoms with Crippen LogP contribution < -0.4 is 5.32 Å². The molecule has 1 N–H and O–H groups in total. The summed E-state index contributed by atoms with van der Waals surface area (Å²) in [6, 6.07) is 9.77. The Morgan fingerprint density at radius 2 is 1.82 bits per heavy atom. The minimum atomic E-state index is -0.503. The molecule has 0 saturated carbocycles. The third-order valence-corrected chi connectivity index (χ3v) is 3.22. The van der Waals surface area contributed by atoms with E-state index < -0.39 is 5.41 Å². The minimum Gasteiger partial charge on any atom is -0.383 e. The van der Waals surface area contributed by atoms with Crippen LogP contribution in [0.25, 0.3) is 0 Å². The maximum absolute atomic E-state index is 12.3. The zero-order chi connectivity index (χ0) is 16.6. The largest absolute Gasteiger partial charge is 0.383 e. The molecule has 22 heavy (non-hydrogen) atoms. The summed E-state index contributed by atoms with van der Waals surface area (Å²) in [4.78, 5) is 25.9. The summed E-state index contributed by atoms with van der Waals surface area (Å²) in [6.07, 6.45) is 0. The number of hydrogen-bond donors (Lipinski definition) is 1. The molecular weight excluding hydrogens is 280 g/mol. The van der Waals surface area contributed by atoms with Crippen molar-refractivity contribution in [1.29, 1.82) is 0 Å². The van der Waals surface area contributed by atoms with Gasteiger partial charge in [-0.2, -0.15) is 0 Å². The zero-order valence-corrected chi connectivity index (χ0v) is 13.9. The van der Waals surface area contributed by atoms with Gasteiger partial charge in [0.05, 0.1) is 13.2 Å². The van der Waals surface area contributed by atoms with E-state index in [1.54, 1.807) is 12.0 Å². The summed E-state index contributed by atoms with van der Waals surface area (Å²) in [5.41, 5.74) is 0.547. The first-order chi connectivity index (χ1) is 10.3. The van der Waals surface area contributed by atoms with E-state index in [1.165, 1.54) is 0 Å². The van der Waals surface area contributed by atoms with Gasteiger partial charge in [0.1, 0.15) is 0 Å². The standard InChI is InChI=1S/C17H26N2O3/c1-17(2,3)16(21)18-12-15(20)19(10-11-22-4)13-14-8-6-5-7-9-14/h5-9H,10-13H2,1-4H3,(H,18,21). The quantitative estimate of drug-likeness (QED) is 0.836. The maximum Gasteiger partial charge on any atom is 0.242 e. The van der Waals surface area contributed by atoms with Crippen LogP contribution in [0.3, 0.4) is 0 Å². The summed E-state index contributed by atoms with van der Waals surface area (Å²) in [6.45, 7) is 6.93. The van der Waals surface area contributed by atoms with Gasteiger partial charge in [0, 0.05) is 25.6 Å². The second-order valence-electron chi connectivity index (χ2n) is 6.23. The molecule has 0 atom stereocenters. The molecule has 2 amide bonds. The number of amides is 2. The van der Waals surface area contributed by atoms with E-state index in [0.29, 0.717) is 19.7 Å². The molecule has 0 aliphatic rings. The summed E-state index contributed by atoms with van der Waals surface area (Å²) >= 11 is 0. The lowest BCUT2D eigenvalue weighted by atomic mass is 9.96. The Morgan fingerprint density at radius 3 is 2.36 bits per heavy atom. The summed E-state index contributed by atoms with van der Waals surface area (Å²) in [5.74, 6) is -0.245. The molecule has 1 rings (SSSR count). The van der Waals surface area contributed by atoms with Gasteiger partial charge in [0.15, 0.2) is 0 Å². The molecule has 0 radical (unpaired) electrons. The number of nitrogens with zero attached hydrogens (tertiary/aromatic N) is 1. The van der Waals surface area contributed by atoms with E-state index >= 15 is 0 Å². The smallest absolute Gasteiger partial charge is 0.242 e. The first-order valence-electron chi connectivity index (χ1n) is 7.43. The third-order valence-electron chi connectivity index (χ3n) is 3.22. The number of ether oxygens (including phenoxy) is 1. The average molecular weight is 306 g/mol. The van der Waals surface area contributed by atoms with Crippen LogP contribution in [0.4, 0.5) is 0 Å². The predicted octanol–water partition coefficient (Wildman–Crippen LogP) is 1.82. The van der Waals surface area contributed by atoms with Crippen molar-refractivity contribution in [2.75, 3.05) is 26.8 Å².